The van der Waals surface area contributed by atoms with Crippen LogP contribution in [0.2, 0.25) is 0 Å². The fourth-order valence-corrected chi connectivity index (χ4v) is 3.51. The maximum Gasteiger partial charge on any atom is 0.274 e. The van der Waals surface area contributed by atoms with Crippen molar-refractivity contribution in [1.82, 2.24) is 25.0 Å². The van der Waals surface area contributed by atoms with Crippen LogP contribution in [-0.2, 0) is 0 Å². The molecule has 4 heterocycles. The minimum absolute atomic E-state index is 0.157. The summed E-state index contributed by atoms with van der Waals surface area (Å²) in [4.78, 5) is 13.5. The molecule has 0 spiro atoms. The lowest BCUT2D eigenvalue weighted by Crippen LogP contribution is -2.33. The molecule has 0 bridgehead atoms. The number of likely N-dealkylation sites (tertiary alicyclic amines) is 1. The molecule has 0 aromatic carbocycles. The molecule has 1 aliphatic rings. The molecule has 1 unspecified atom stereocenters. The van der Waals surface area contributed by atoms with Crippen LogP contribution in [0.25, 0.3) is 17.3 Å². The van der Waals surface area contributed by atoms with Gasteiger partial charge in [-0.05, 0) is 47.0 Å². The molecule has 0 aliphatic carbocycles. The van der Waals surface area contributed by atoms with Crippen molar-refractivity contribution in [2.45, 2.75) is 18.8 Å². The van der Waals surface area contributed by atoms with Gasteiger partial charge in [-0.25, -0.2) is 4.98 Å². The van der Waals surface area contributed by atoms with Crippen LogP contribution >= 0.6 is 15.9 Å². The van der Waals surface area contributed by atoms with E-state index >= 15 is 0 Å². The first-order valence-electron chi connectivity index (χ1n) is 8.34. The predicted molar refractivity (Wildman–Crippen MR) is 98.6 cm³/mol. The maximum absolute atomic E-state index is 13.0. The summed E-state index contributed by atoms with van der Waals surface area (Å²) in [6.07, 6.45) is 5.31. The van der Waals surface area contributed by atoms with Gasteiger partial charge in [0, 0.05) is 47.1 Å². The molecule has 134 valence electrons. The molecule has 3 aromatic rings. The van der Waals surface area contributed by atoms with Gasteiger partial charge < -0.3 is 14.4 Å². The van der Waals surface area contributed by atoms with E-state index in [2.05, 4.69) is 47.5 Å². The highest BCUT2D eigenvalue weighted by molar-refractivity contribution is 9.10. The highest BCUT2D eigenvalue weighted by Gasteiger charge is 2.27. The van der Waals surface area contributed by atoms with E-state index in [4.69, 9.17) is 4.52 Å². The first-order chi connectivity index (χ1) is 12.6. The molecule has 0 saturated carbocycles. The minimum atomic E-state index is -0.492. The quantitative estimate of drug-likeness (QED) is 0.643. The van der Waals surface area contributed by atoms with E-state index in [1.165, 1.54) is 12.3 Å². The number of piperidine rings is 1. The van der Waals surface area contributed by atoms with Crippen molar-refractivity contribution in [3.8, 4) is 11.6 Å². The van der Waals surface area contributed by atoms with Crippen molar-refractivity contribution in [2.24, 2.45) is 0 Å². The molecule has 1 aliphatic heterocycles. The standard InChI is InChI=1S/C18H17BrFN5O/c1-11(12-4-5-16(20)22-8-12)25-6-2-3-13(10-25)17-23-18(26-24-17)15-7-14(19)9-21-15/h4-5,7-9,13,21H,1-3,6,10H2. The number of nitrogens with zero attached hydrogens (tertiary/aromatic N) is 4. The second kappa shape index (κ2) is 7.03. The second-order valence-corrected chi connectivity index (χ2v) is 7.21. The van der Waals surface area contributed by atoms with Crippen LogP contribution in [0, 0.1) is 5.95 Å². The molecule has 6 nitrogen and oxygen atoms in total. The Kier molecular flexibility index (Phi) is 4.58. The topological polar surface area (TPSA) is 70.8 Å². The van der Waals surface area contributed by atoms with Crippen LogP contribution in [0.4, 0.5) is 4.39 Å². The average Bonchev–Trinajstić information content (AvgIpc) is 3.31. The van der Waals surface area contributed by atoms with Gasteiger partial charge in [-0.2, -0.15) is 9.37 Å². The van der Waals surface area contributed by atoms with Gasteiger partial charge in [0.25, 0.3) is 5.89 Å². The normalized spacial score (nSPS) is 17.5. The zero-order valence-electron chi connectivity index (χ0n) is 14.0. The van der Waals surface area contributed by atoms with Crippen LogP contribution < -0.4 is 0 Å². The van der Waals surface area contributed by atoms with Gasteiger partial charge in [0.15, 0.2) is 5.82 Å². The van der Waals surface area contributed by atoms with E-state index in [1.54, 1.807) is 6.07 Å². The third-order valence-corrected chi connectivity index (χ3v) is 5.01. The van der Waals surface area contributed by atoms with E-state index < -0.39 is 5.95 Å². The zero-order chi connectivity index (χ0) is 18.1. The Morgan fingerprint density at radius 2 is 2.31 bits per heavy atom. The number of pyridine rings is 1. The largest absolute Gasteiger partial charge is 0.371 e. The molecule has 1 saturated heterocycles. The van der Waals surface area contributed by atoms with Gasteiger partial charge in [0.2, 0.25) is 5.95 Å². The summed E-state index contributed by atoms with van der Waals surface area (Å²) in [7, 11) is 0. The van der Waals surface area contributed by atoms with Crippen LogP contribution in [0.3, 0.4) is 0 Å². The van der Waals surface area contributed by atoms with Gasteiger partial charge in [0.1, 0.15) is 5.69 Å². The monoisotopic (exact) mass is 417 g/mol. The number of hydrogen-bond donors (Lipinski definition) is 1. The lowest BCUT2D eigenvalue weighted by atomic mass is 9.96. The van der Waals surface area contributed by atoms with Gasteiger partial charge in [-0.15, -0.1) is 0 Å². The SMILES string of the molecule is C=C(c1ccc(F)nc1)N1CCCC(c2noc(-c3cc(Br)c[nH]3)n2)C1. The summed E-state index contributed by atoms with van der Waals surface area (Å²) in [6.45, 7) is 5.78. The summed E-state index contributed by atoms with van der Waals surface area (Å²) in [6, 6.07) is 4.94. The fraction of sp³-hybridized carbons (Fsp3) is 0.278. The van der Waals surface area contributed by atoms with Crippen molar-refractivity contribution in [2.75, 3.05) is 13.1 Å². The molecule has 3 aromatic heterocycles. The Labute approximate surface area is 158 Å². The summed E-state index contributed by atoms with van der Waals surface area (Å²) in [5.41, 5.74) is 2.43. The Hall–Kier alpha value is -2.48. The smallest absolute Gasteiger partial charge is 0.274 e. The van der Waals surface area contributed by atoms with Crippen LogP contribution in [0.1, 0.15) is 30.1 Å². The number of H-pyrrole nitrogens is 1. The molecule has 8 heteroatoms. The lowest BCUT2D eigenvalue weighted by molar-refractivity contribution is 0.283. The maximum atomic E-state index is 13.0. The summed E-state index contributed by atoms with van der Waals surface area (Å²) >= 11 is 3.40. The minimum Gasteiger partial charge on any atom is -0.371 e. The van der Waals surface area contributed by atoms with Crippen LogP contribution in [0.5, 0.6) is 0 Å². The molecule has 4 rings (SSSR count). The second-order valence-electron chi connectivity index (χ2n) is 6.29. The molecular weight excluding hydrogens is 401 g/mol. The number of hydrogen-bond acceptors (Lipinski definition) is 5. The fourth-order valence-electron chi connectivity index (χ4n) is 3.16. The van der Waals surface area contributed by atoms with Crippen molar-refractivity contribution in [3.05, 3.63) is 59.0 Å². The van der Waals surface area contributed by atoms with Crippen molar-refractivity contribution in [3.63, 3.8) is 0 Å². The number of halogens is 2. The van der Waals surface area contributed by atoms with Crippen molar-refractivity contribution < 1.29 is 8.91 Å². The molecule has 1 atom stereocenters. The van der Waals surface area contributed by atoms with Crippen molar-refractivity contribution in [1.29, 1.82) is 0 Å². The van der Waals surface area contributed by atoms with Crippen LogP contribution in [-0.4, -0.2) is 38.1 Å². The highest BCUT2D eigenvalue weighted by atomic mass is 79.9. The molecule has 0 radical (unpaired) electrons. The number of rotatable bonds is 4. The molecule has 26 heavy (non-hydrogen) atoms. The Balaban J connectivity index is 1.49. The highest BCUT2D eigenvalue weighted by Crippen LogP contribution is 2.31. The van der Waals surface area contributed by atoms with E-state index in [0.29, 0.717) is 11.7 Å². The molecule has 0 amide bonds. The summed E-state index contributed by atoms with van der Waals surface area (Å²) < 4.78 is 19.4. The summed E-state index contributed by atoms with van der Waals surface area (Å²) in [5.74, 6) is 0.836. The van der Waals surface area contributed by atoms with E-state index in [1.807, 2.05) is 12.3 Å². The third kappa shape index (κ3) is 3.41. The van der Waals surface area contributed by atoms with E-state index in [0.717, 1.165) is 47.4 Å². The Bertz CT molecular complexity index is 920. The predicted octanol–water partition coefficient (Wildman–Crippen LogP) is 4.21. The number of aromatic amines is 1. The van der Waals surface area contributed by atoms with Gasteiger partial charge in [-0.1, -0.05) is 11.7 Å². The zero-order valence-corrected chi connectivity index (χ0v) is 15.5. The van der Waals surface area contributed by atoms with E-state index in [9.17, 15) is 4.39 Å². The van der Waals surface area contributed by atoms with Gasteiger partial charge in [0.05, 0.1) is 0 Å². The molecule has 1 fully saturated rings. The molecular formula is C18H17BrFN5O. The van der Waals surface area contributed by atoms with Gasteiger partial charge >= 0.3 is 0 Å². The van der Waals surface area contributed by atoms with Crippen molar-refractivity contribution >= 4 is 21.6 Å². The Morgan fingerprint density at radius 3 is 3.04 bits per heavy atom. The third-order valence-electron chi connectivity index (χ3n) is 4.55. The van der Waals surface area contributed by atoms with Crippen LogP contribution in [0.15, 0.2) is 46.2 Å². The molecule has 1 N–H and O–H groups in total. The number of aromatic nitrogens is 4. The first kappa shape index (κ1) is 17.0. The summed E-state index contributed by atoms with van der Waals surface area (Å²) in [5, 5.41) is 4.16. The lowest BCUT2D eigenvalue weighted by Gasteiger charge is -2.34. The first-order valence-corrected chi connectivity index (χ1v) is 9.13. The van der Waals surface area contributed by atoms with E-state index in [-0.39, 0.29) is 5.92 Å². The number of nitrogens with one attached hydrogen (secondary N) is 1. The van der Waals surface area contributed by atoms with Gasteiger partial charge in [-0.3, -0.25) is 0 Å². The average molecular weight is 418 g/mol. The Morgan fingerprint density at radius 1 is 1.42 bits per heavy atom.